The molecule has 1 amide bonds. The Morgan fingerprint density at radius 2 is 1.87 bits per heavy atom. The molecular formula is C22H17F2N3O4. The van der Waals surface area contributed by atoms with Gasteiger partial charge in [0.15, 0.2) is 17.3 Å². The standard InChI is InChI=1S/C22H17F2N3O4/c1-29-19-10-9-14(12-20(19)31-22(23)24)25-21(28)17-13-16(18-8-5-11-30-18)26-27(17)15-6-3-2-4-7-15/h2-13,22H,1H3,(H,25,28). The molecule has 0 unspecified atom stereocenters. The van der Waals surface area contributed by atoms with Crippen LogP contribution in [0.25, 0.3) is 17.1 Å². The van der Waals surface area contributed by atoms with Crippen LogP contribution >= 0.6 is 0 Å². The predicted molar refractivity (Wildman–Crippen MR) is 109 cm³/mol. The second-order valence-electron chi connectivity index (χ2n) is 6.34. The average Bonchev–Trinajstić information content (AvgIpc) is 3.44. The number of aromatic nitrogens is 2. The van der Waals surface area contributed by atoms with Crippen LogP contribution in [-0.4, -0.2) is 29.4 Å². The van der Waals surface area contributed by atoms with Crippen LogP contribution in [0.2, 0.25) is 0 Å². The highest BCUT2D eigenvalue weighted by Gasteiger charge is 2.20. The molecule has 158 valence electrons. The van der Waals surface area contributed by atoms with Gasteiger partial charge >= 0.3 is 6.61 Å². The van der Waals surface area contributed by atoms with E-state index in [1.165, 1.54) is 36.3 Å². The summed E-state index contributed by atoms with van der Waals surface area (Å²) in [4.78, 5) is 13.1. The van der Waals surface area contributed by atoms with Gasteiger partial charge in [-0.05, 0) is 36.4 Å². The van der Waals surface area contributed by atoms with Crippen molar-refractivity contribution in [3.8, 4) is 28.6 Å². The number of halogens is 2. The van der Waals surface area contributed by atoms with Crippen LogP contribution in [0.5, 0.6) is 11.5 Å². The monoisotopic (exact) mass is 425 g/mol. The van der Waals surface area contributed by atoms with Crippen LogP contribution in [0.3, 0.4) is 0 Å². The molecule has 7 nitrogen and oxygen atoms in total. The summed E-state index contributed by atoms with van der Waals surface area (Å²) in [5, 5.41) is 7.17. The lowest BCUT2D eigenvalue weighted by Gasteiger charge is -2.12. The summed E-state index contributed by atoms with van der Waals surface area (Å²) < 4.78 is 41.7. The molecule has 0 radical (unpaired) electrons. The molecule has 4 aromatic rings. The zero-order valence-corrected chi connectivity index (χ0v) is 16.3. The second-order valence-corrected chi connectivity index (χ2v) is 6.34. The van der Waals surface area contributed by atoms with Crippen LogP contribution in [0.1, 0.15) is 10.5 Å². The van der Waals surface area contributed by atoms with E-state index in [-0.39, 0.29) is 22.9 Å². The lowest BCUT2D eigenvalue weighted by atomic mass is 10.2. The minimum Gasteiger partial charge on any atom is -0.493 e. The van der Waals surface area contributed by atoms with E-state index >= 15 is 0 Å². The number of para-hydroxylation sites is 1. The predicted octanol–water partition coefficient (Wildman–Crippen LogP) is 4.99. The number of nitrogens with one attached hydrogen (secondary N) is 1. The van der Waals surface area contributed by atoms with Gasteiger partial charge < -0.3 is 19.2 Å². The lowest BCUT2D eigenvalue weighted by Crippen LogP contribution is -2.17. The zero-order chi connectivity index (χ0) is 21.8. The van der Waals surface area contributed by atoms with Crippen molar-refractivity contribution < 1.29 is 27.5 Å². The summed E-state index contributed by atoms with van der Waals surface area (Å²) in [6.45, 7) is -3.03. The Morgan fingerprint density at radius 1 is 1.06 bits per heavy atom. The molecule has 0 fully saturated rings. The number of hydrogen-bond donors (Lipinski definition) is 1. The Hall–Kier alpha value is -4.14. The highest BCUT2D eigenvalue weighted by atomic mass is 19.3. The quantitative estimate of drug-likeness (QED) is 0.451. The van der Waals surface area contributed by atoms with Gasteiger partial charge in [0.05, 0.1) is 19.1 Å². The van der Waals surface area contributed by atoms with Gasteiger partial charge in [-0.15, -0.1) is 0 Å². The van der Waals surface area contributed by atoms with Gasteiger partial charge in [-0.2, -0.15) is 13.9 Å². The molecule has 0 bridgehead atoms. The van der Waals surface area contributed by atoms with Crippen molar-refractivity contribution in [1.82, 2.24) is 9.78 Å². The molecule has 4 rings (SSSR count). The third-order valence-corrected chi connectivity index (χ3v) is 4.35. The summed E-state index contributed by atoms with van der Waals surface area (Å²) in [6.07, 6.45) is 1.51. The van der Waals surface area contributed by atoms with Crippen LogP contribution in [0, 0.1) is 0 Å². The summed E-state index contributed by atoms with van der Waals surface area (Å²) >= 11 is 0. The number of alkyl halides is 2. The molecule has 0 aliphatic heterocycles. The number of furan rings is 1. The van der Waals surface area contributed by atoms with E-state index in [4.69, 9.17) is 9.15 Å². The first-order valence-electron chi connectivity index (χ1n) is 9.18. The SMILES string of the molecule is COc1ccc(NC(=O)c2cc(-c3ccco3)nn2-c2ccccc2)cc1OC(F)F. The number of benzene rings is 2. The first kappa shape index (κ1) is 20.1. The van der Waals surface area contributed by atoms with E-state index in [0.29, 0.717) is 17.1 Å². The molecular weight excluding hydrogens is 408 g/mol. The number of hydrogen-bond acceptors (Lipinski definition) is 5. The fourth-order valence-electron chi connectivity index (χ4n) is 2.99. The molecule has 2 aromatic heterocycles. The van der Waals surface area contributed by atoms with E-state index in [1.807, 2.05) is 18.2 Å². The lowest BCUT2D eigenvalue weighted by molar-refractivity contribution is -0.0511. The van der Waals surface area contributed by atoms with Crippen molar-refractivity contribution in [3.63, 3.8) is 0 Å². The molecule has 2 aromatic carbocycles. The minimum atomic E-state index is -3.03. The van der Waals surface area contributed by atoms with Gasteiger partial charge in [0, 0.05) is 17.8 Å². The fourth-order valence-corrected chi connectivity index (χ4v) is 2.99. The van der Waals surface area contributed by atoms with Gasteiger partial charge in [0.2, 0.25) is 0 Å². The maximum atomic E-state index is 13.1. The number of carbonyl (C=O) groups excluding carboxylic acids is 1. The van der Waals surface area contributed by atoms with Crippen LogP contribution in [0.4, 0.5) is 14.5 Å². The first-order chi connectivity index (χ1) is 15.0. The Bertz CT molecular complexity index is 1170. The summed E-state index contributed by atoms with van der Waals surface area (Å²) in [6, 6.07) is 18.3. The van der Waals surface area contributed by atoms with E-state index in [9.17, 15) is 13.6 Å². The van der Waals surface area contributed by atoms with Crippen molar-refractivity contribution in [3.05, 3.63) is 78.7 Å². The van der Waals surface area contributed by atoms with Crippen molar-refractivity contribution >= 4 is 11.6 Å². The van der Waals surface area contributed by atoms with Crippen molar-refractivity contribution in [2.24, 2.45) is 0 Å². The molecule has 0 spiro atoms. The Kier molecular flexibility index (Phi) is 5.65. The minimum absolute atomic E-state index is 0.118. The number of ether oxygens (including phenoxy) is 2. The van der Waals surface area contributed by atoms with Crippen LogP contribution in [-0.2, 0) is 0 Å². The Labute approximate surface area is 175 Å². The van der Waals surface area contributed by atoms with E-state index in [2.05, 4.69) is 15.2 Å². The third kappa shape index (κ3) is 4.40. The summed E-state index contributed by atoms with van der Waals surface area (Å²) in [7, 11) is 1.33. The van der Waals surface area contributed by atoms with E-state index in [1.54, 1.807) is 30.3 Å². The summed E-state index contributed by atoms with van der Waals surface area (Å²) in [5.41, 5.74) is 1.61. The van der Waals surface area contributed by atoms with Gasteiger partial charge in [0.1, 0.15) is 11.4 Å². The first-order valence-corrected chi connectivity index (χ1v) is 9.18. The smallest absolute Gasteiger partial charge is 0.387 e. The molecule has 0 saturated carbocycles. The van der Waals surface area contributed by atoms with E-state index in [0.717, 1.165) is 0 Å². The van der Waals surface area contributed by atoms with Crippen molar-refractivity contribution in [2.75, 3.05) is 12.4 Å². The van der Waals surface area contributed by atoms with Gasteiger partial charge in [-0.25, -0.2) is 4.68 Å². The maximum absolute atomic E-state index is 13.1. The molecule has 0 atom stereocenters. The Morgan fingerprint density at radius 3 is 2.55 bits per heavy atom. The largest absolute Gasteiger partial charge is 0.493 e. The highest BCUT2D eigenvalue weighted by molar-refractivity contribution is 6.04. The van der Waals surface area contributed by atoms with Crippen molar-refractivity contribution in [1.29, 1.82) is 0 Å². The van der Waals surface area contributed by atoms with E-state index < -0.39 is 12.5 Å². The third-order valence-electron chi connectivity index (χ3n) is 4.35. The van der Waals surface area contributed by atoms with Gasteiger partial charge in [-0.1, -0.05) is 18.2 Å². The normalized spacial score (nSPS) is 10.8. The molecule has 31 heavy (non-hydrogen) atoms. The maximum Gasteiger partial charge on any atom is 0.387 e. The summed E-state index contributed by atoms with van der Waals surface area (Å²) in [5.74, 6) is -0.0704. The fraction of sp³-hybridized carbons (Fsp3) is 0.0909. The molecule has 1 N–H and O–H groups in total. The number of anilines is 1. The molecule has 9 heteroatoms. The second kappa shape index (κ2) is 8.70. The highest BCUT2D eigenvalue weighted by Crippen LogP contribution is 2.32. The average molecular weight is 425 g/mol. The number of rotatable bonds is 7. The topological polar surface area (TPSA) is 78.5 Å². The molecule has 2 heterocycles. The Balaban J connectivity index is 1.68. The molecule has 0 aliphatic carbocycles. The number of methoxy groups -OCH3 is 1. The number of carbonyl (C=O) groups is 1. The van der Waals surface area contributed by atoms with Crippen LogP contribution in [0.15, 0.2) is 77.4 Å². The number of nitrogens with zero attached hydrogens (tertiary/aromatic N) is 2. The van der Waals surface area contributed by atoms with Gasteiger partial charge in [0.25, 0.3) is 5.91 Å². The van der Waals surface area contributed by atoms with Crippen molar-refractivity contribution in [2.45, 2.75) is 6.61 Å². The molecule has 0 aliphatic rings. The zero-order valence-electron chi connectivity index (χ0n) is 16.3. The van der Waals surface area contributed by atoms with Crippen LogP contribution < -0.4 is 14.8 Å². The van der Waals surface area contributed by atoms with Gasteiger partial charge in [-0.3, -0.25) is 4.79 Å². The molecule has 0 saturated heterocycles. The number of amides is 1.